The molecule has 0 fully saturated rings. The summed E-state index contributed by atoms with van der Waals surface area (Å²) in [5.74, 6) is 2.91. The molecule has 0 aromatic heterocycles. The Morgan fingerprint density at radius 2 is 0.840 bits per heavy atom. The zero-order chi connectivity index (χ0) is 18.6. The van der Waals surface area contributed by atoms with Crippen LogP contribution in [0.1, 0.15) is 150 Å². The van der Waals surface area contributed by atoms with Gasteiger partial charge in [0, 0.05) is 0 Å². The molecule has 0 spiro atoms. The maximum absolute atomic E-state index is 2.36. The topological polar surface area (TPSA) is 0 Å². The molecule has 1 radical (unpaired) electrons. The molecular formula is C25H51. The van der Waals surface area contributed by atoms with Crippen molar-refractivity contribution in [2.75, 3.05) is 0 Å². The lowest BCUT2D eigenvalue weighted by Gasteiger charge is -2.27. The van der Waals surface area contributed by atoms with Crippen molar-refractivity contribution in [1.82, 2.24) is 0 Å². The van der Waals surface area contributed by atoms with Crippen LogP contribution in [0.25, 0.3) is 0 Å². The summed E-state index contributed by atoms with van der Waals surface area (Å²) in [6.45, 7) is 9.34. The highest BCUT2D eigenvalue weighted by Gasteiger charge is 2.20. The Balaban J connectivity index is 4.38. The Morgan fingerprint density at radius 3 is 1.40 bits per heavy atom. The van der Waals surface area contributed by atoms with Crippen LogP contribution in [0.3, 0.4) is 0 Å². The first-order valence-corrected chi connectivity index (χ1v) is 12.1. The van der Waals surface area contributed by atoms with Crippen LogP contribution in [0.2, 0.25) is 0 Å². The smallest absolute Gasteiger partial charge is 0.0210 e. The summed E-state index contributed by atoms with van der Waals surface area (Å²) in [7, 11) is 0. The van der Waals surface area contributed by atoms with E-state index in [1.807, 2.05) is 5.92 Å². The van der Waals surface area contributed by atoms with E-state index in [0.717, 1.165) is 5.92 Å². The van der Waals surface area contributed by atoms with Gasteiger partial charge in [-0.1, -0.05) is 124 Å². The van der Waals surface area contributed by atoms with E-state index in [1.165, 1.54) is 122 Å². The average Bonchev–Trinajstić information content (AvgIpc) is 2.62. The molecule has 0 aliphatic carbocycles. The lowest BCUT2D eigenvalue weighted by atomic mass is 9.78. The molecule has 151 valence electrons. The highest BCUT2D eigenvalue weighted by Crippen LogP contribution is 2.34. The van der Waals surface area contributed by atoms with Crippen molar-refractivity contribution >= 4 is 0 Å². The van der Waals surface area contributed by atoms with Crippen molar-refractivity contribution in [1.29, 1.82) is 0 Å². The van der Waals surface area contributed by atoms with Crippen LogP contribution in [-0.2, 0) is 0 Å². The van der Waals surface area contributed by atoms with Gasteiger partial charge in [0.05, 0.1) is 0 Å². The van der Waals surface area contributed by atoms with Gasteiger partial charge in [-0.25, -0.2) is 0 Å². The van der Waals surface area contributed by atoms with E-state index in [2.05, 4.69) is 27.7 Å². The summed E-state index contributed by atoms with van der Waals surface area (Å²) in [5.41, 5.74) is 0. The van der Waals surface area contributed by atoms with Crippen LogP contribution >= 0.6 is 0 Å². The van der Waals surface area contributed by atoms with E-state index in [9.17, 15) is 0 Å². The molecule has 25 heavy (non-hydrogen) atoms. The quantitative estimate of drug-likeness (QED) is 0.191. The molecule has 1 atom stereocenters. The Bertz CT molecular complexity index is 232. The van der Waals surface area contributed by atoms with Gasteiger partial charge in [0.15, 0.2) is 0 Å². The van der Waals surface area contributed by atoms with Gasteiger partial charge in [0.1, 0.15) is 0 Å². The maximum atomic E-state index is 2.36. The Hall–Kier alpha value is 0. The fourth-order valence-corrected chi connectivity index (χ4v) is 4.08. The third kappa shape index (κ3) is 15.9. The van der Waals surface area contributed by atoms with Gasteiger partial charge in [-0.3, -0.25) is 0 Å². The third-order valence-corrected chi connectivity index (χ3v) is 5.84. The molecule has 0 saturated carbocycles. The number of hydrogen-bond donors (Lipinski definition) is 0. The summed E-state index contributed by atoms with van der Waals surface area (Å²) in [6, 6.07) is 0. The van der Waals surface area contributed by atoms with Crippen molar-refractivity contribution in [3.8, 4) is 0 Å². The van der Waals surface area contributed by atoms with Crippen LogP contribution in [0.5, 0.6) is 0 Å². The molecule has 1 unspecified atom stereocenters. The summed E-state index contributed by atoms with van der Waals surface area (Å²) in [5, 5.41) is 0. The molecule has 0 aliphatic heterocycles. The summed E-state index contributed by atoms with van der Waals surface area (Å²) < 4.78 is 0. The van der Waals surface area contributed by atoms with Crippen molar-refractivity contribution < 1.29 is 0 Å². The normalized spacial score (nSPS) is 12.8. The molecule has 0 rings (SSSR count). The van der Waals surface area contributed by atoms with Crippen LogP contribution in [-0.4, -0.2) is 0 Å². The van der Waals surface area contributed by atoms with E-state index in [4.69, 9.17) is 0 Å². The van der Waals surface area contributed by atoms with E-state index >= 15 is 0 Å². The monoisotopic (exact) mass is 351 g/mol. The predicted molar refractivity (Wildman–Crippen MR) is 117 cm³/mol. The van der Waals surface area contributed by atoms with E-state index < -0.39 is 0 Å². The summed E-state index contributed by atoms with van der Waals surface area (Å²) in [4.78, 5) is 0. The second-order valence-electron chi connectivity index (χ2n) is 8.32. The maximum Gasteiger partial charge on any atom is -0.0210 e. The molecule has 0 aliphatic rings. The molecule has 0 nitrogen and oxygen atoms in total. The van der Waals surface area contributed by atoms with Gasteiger partial charge in [0.2, 0.25) is 0 Å². The molecule has 0 saturated heterocycles. The van der Waals surface area contributed by atoms with Gasteiger partial charge < -0.3 is 0 Å². The number of rotatable bonds is 20. The second kappa shape index (κ2) is 20.3. The fraction of sp³-hybridized carbons (Fsp3) is 0.960. The van der Waals surface area contributed by atoms with Gasteiger partial charge in [-0.2, -0.15) is 0 Å². The molecular weight excluding hydrogens is 300 g/mol. The van der Waals surface area contributed by atoms with Gasteiger partial charge in [0.25, 0.3) is 0 Å². The minimum Gasteiger partial charge on any atom is -0.0654 e. The lowest BCUT2D eigenvalue weighted by molar-refractivity contribution is 0.376. The largest absolute Gasteiger partial charge is 0.0654 e. The Kier molecular flexibility index (Phi) is 20.3. The summed E-state index contributed by atoms with van der Waals surface area (Å²) in [6.07, 6.45) is 27.2. The van der Waals surface area contributed by atoms with Crippen molar-refractivity contribution in [3.63, 3.8) is 0 Å². The highest BCUT2D eigenvalue weighted by atomic mass is 14.3. The van der Waals surface area contributed by atoms with Crippen LogP contribution < -0.4 is 0 Å². The van der Waals surface area contributed by atoms with Crippen LogP contribution in [0.15, 0.2) is 0 Å². The first kappa shape index (κ1) is 25.0. The molecule has 0 aromatic rings. The molecule has 0 bridgehead atoms. The van der Waals surface area contributed by atoms with Crippen molar-refractivity contribution in [2.45, 2.75) is 150 Å². The molecule has 0 amide bonds. The lowest BCUT2D eigenvalue weighted by Crippen LogP contribution is -2.14. The number of hydrogen-bond acceptors (Lipinski definition) is 0. The Labute approximate surface area is 161 Å². The minimum absolute atomic E-state index is 0.950. The van der Waals surface area contributed by atoms with E-state index in [0.29, 0.717) is 0 Å². The van der Waals surface area contributed by atoms with E-state index in [-0.39, 0.29) is 0 Å². The highest BCUT2D eigenvalue weighted by molar-refractivity contribution is 4.96. The fourth-order valence-electron chi connectivity index (χ4n) is 4.08. The predicted octanol–water partition coefficient (Wildman–Crippen LogP) is 9.67. The third-order valence-electron chi connectivity index (χ3n) is 5.84. The SMILES string of the molecule is CCCCCCC[C](CCCC)C(CCCCC)CCCCCCC. The molecule has 0 N–H and O–H groups in total. The zero-order valence-electron chi connectivity index (χ0n) is 18.5. The van der Waals surface area contributed by atoms with Gasteiger partial charge in [-0.05, 0) is 37.5 Å². The minimum atomic E-state index is 0.950. The first-order chi connectivity index (χ1) is 12.3. The van der Waals surface area contributed by atoms with Crippen LogP contribution in [0.4, 0.5) is 0 Å². The van der Waals surface area contributed by atoms with Crippen LogP contribution in [0, 0.1) is 11.8 Å². The van der Waals surface area contributed by atoms with Crippen molar-refractivity contribution in [2.24, 2.45) is 5.92 Å². The molecule has 0 aromatic carbocycles. The van der Waals surface area contributed by atoms with E-state index in [1.54, 1.807) is 0 Å². The van der Waals surface area contributed by atoms with Gasteiger partial charge >= 0.3 is 0 Å². The Morgan fingerprint density at radius 1 is 0.440 bits per heavy atom. The average molecular weight is 352 g/mol. The number of unbranched alkanes of at least 4 members (excludes halogenated alkanes) is 11. The van der Waals surface area contributed by atoms with Crippen molar-refractivity contribution in [3.05, 3.63) is 5.92 Å². The summed E-state index contributed by atoms with van der Waals surface area (Å²) >= 11 is 0. The zero-order valence-corrected chi connectivity index (χ0v) is 18.5. The second-order valence-corrected chi connectivity index (χ2v) is 8.32. The molecule has 0 heterocycles. The standard InChI is InChI=1S/C25H51/c1-5-9-13-15-18-22-24(20-12-8-4)25(21-17-11-7-3)23-19-16-14-10-6-2/h25H,5-23H2,1-4H3. The molecule has 0 heteroatoms. The first-order valence-electron chi connectivity index (χ1n) is 12.1. The van der Waals surface area contributed by atoms with Gasteiger partial charge in [-0.15, -0.1) is 0 Å².